The van der Waals surface area contributed by atoms with Gasteiger partial charge in [-0.1, -0.05) is 48.5 Å². The highest BCUT2D eigenvalue weighted by Gasteiger charge is 2.58. The van der Waals surface area contributed by atoms with Gasteiger partial charge < -0.3 is 52.1 Å². The van der Waals surface area contributed by atoms with Crippen molar-refractivity contribution in [2.24, 2.45) is 0 Å². The Morgan fingerprint density at radius 3 is 1.43 bits per heavy atom. The summed E-state index contributed by atoms with van der Waals surface area (Å²) in [5.41, 5.74) is 1.12. The third-order valence-corrected chi connectivity index (χ3v) is 8.50. The minimum atomic E-state index is -1.83. The predicted molar refractivity (Wildman–Crippen MR) is 200 cm³/mol. The largest absolute Gasteiger partial charge is 0.463 e. The second-order valence-electron chi connectivity index (χ2n) is 13.4. The molecular formula is C41H46O19. The quantitative estimate of drug-likeness (QED) is 0.102. The van der Waals surface area contributed by atoms with E-state index in [-0.39, 0.29) is 11.5 Å². The molecule has 0 saturated carbocycles. The van der Waals surface area contributed by atoms with Crippen molar-refractivity contribution in [2.45, 2.75) is 110 Å². The highest BCUT2D eigenvalue weighted by molar-refractivity contribution is 6.06. The molecule has 0 radical (unpaired) electrons. The second-order valence-corrected chi connectivity index (χ2v) is 13.4. The van der Waals surface area contributed by atoms with Gasteiger partial charge in [0.1, 0.15) is 37.3 Å². The second kappa shape index (κ2) is 21.7. The van der Waals surface area contributed by atoms with Crippen LogP contribution in [0.4, 0.5) is 0 Å². The molecule has 10 atom stereocenters. The molecule has 19 heteroatoms. The molecule has 0 N–H and O–H groups in total. The smallest absolute Gasteiger partial charge is 0.303 e. The Balaban J connectivity index is 1.74. The van der Waals surface area contributed by atoms with E-state index < -0.39 is 116 Å². The van der Waals surface area contributed by atoms with Gasteiger partial charge in [-0.2, -0.15) is 0 Å². The Hall–Kier alpha value is -6.18. The molecule has 4 rings (SSSR count). The van der Waals surface area contributed by atoms with Crippen LogP contribution in [0.2, 0.25) is 0 Å². The number of ether oxygens (including phenoxy) is 11. The minimum absolute atomic E-state index is 0.162. The molecule has 2 aromatic carbocycles. The minimum Gasteiger partial charge on any atom is -0.463 e. The zero-order valence-corrected chi connectivity index (χ0v) is 33.8. The molecular weight excluding hydrogens is 796 g/mol. The van der Waals surface area contributed by atoms with Crippen LogP contribution >= 0.6 is 0 Å². The third-order valence-electron chi connectivity index (χ3n) is 8.50. The molecule has 0 aromatic heterocycles. The summed E-state index contributed by atoms with van der Waals surface area (Å²) < 4.78 is 63.0. The number of hydrogen-bond acceptors (Lipinski definition) is 19. The van der Waals surface area contributed by atoms with Gasteiger partial charge in [-0.15, -0.1) is 0 Å². The molecule has 0 amide bonds. The molecule has 0 aliphatic carbocycles. The van der Waals surface area contributed by atoms with Crippen molar-refractivity contribution in [3.63, 3.8) is 0 Å². The lowest BCUT2D eigenvalue weighted by atomic mass is 9.96. The summed E-state index contributed by atoms with van der Waals surface area (Å²) >= 11 is 0. The monoisotopic (exact) mass is 842 g/mol. The molecule has 0 unspecified atom stereocenters. The maximum absolute atomic E-state index is 12.7. The number of esters is 7. The summed E-state index contributed by atoms with van der Waals surface area (Å²) in [5.74, 6) is -6.07. The number of ketones is 1. The van der Waals surface area contributed by atoms with Crippen LogP contribution in [0, 0.1) is 0 Å². The fourth-order valence-electron chi connectivity index (χ4n) is 6.23. The van der Waals surface area contributed by atoms with Crippen molar-refractivity contribution in [3.8, 4) is 5.75 Å². The number of carbonyl (C=O) groups excluding carboxylic acids is 8. The van der Waals surface area contributed by atoms with Crippen LogP contribution < -0.4 is 4.74 Å². The molecule has 2 saturated heterocycles. The first-order valence-corrected chi connectivity index (χ1v) is 18.5. The molecule has 2 heterocycles. The lowest BCUT2D eigenvalue weighted by Gasteiger charge is -2.48. The predicted octanol–water partition coefficient (Wildman–Crippen LogP) is 2.58. The van der Waals surface area contributed by atoms with E-state index in [9.17, 15) is 38.4 Å². The van der Waals surface area contributed by atoms with Crippen molar-refractivity contribution in [2.75, 3.05) is 13.2 Å². The molecule has 2 aliphatic rings. The first kappa shape index (κ1) is 46.5. The van der Waals surface area contributed by atoms with E-state index in [0.717, 1.165) is 48.5 Å². The molecule has 2 fully saturated rings. The van der Waals surface area contributed by atoms with E-state index in [4.69, 9.17) is 52.1 Å². The molecule has 19 nitrogen and oxygen atoms in total. The average Bonchev–Trinajstić information content (AvgIpc) is 3.16. The van der Waals surface area contributed by atoms with Crippen LogP contribution in [0.15, 0.2) is 60.7 Å². The topological polar surface area (TPSA) is 238 Å². The summed E-state index contributed by atoms with van der Waals surface area (Å²) in [6.45, 7) is 6.26. The first-order valence-electron chi connectivity index (χ1n) is 18.5. The van der Waals surface area contributed by atoms with E-state index >= 15 is 0 Å². The van der Waals surface area contributed by atoms with E-state index in [0.29, 0.717) is 11.1 Å². The summed E-state index contributed by atoms with van der Waals surface area (Å²) in [6, 6.07) is 15.0. The average molecular weight is 843 g/mol. The molecule has 60 heavy (non-hydrogen) atoms. The first-order chi connectivity index (χ1) is 28.4. The van der Waals surface area contributed by atoms with Gasteiger partial charge in [0.15, 0.2) is 36.5 Å². The number of allylic oxidation sites excluding steroid dienone is 1. The number of benzene rings is 2. The zero-order chi connectivity index (χ0) is 44.1. The highest BCUT2D eigenvalue weighted by Crippen LogP contribution is 2.36. The maximum Gasteiger partial charge on any atom is 0.303 e. The Morgan fingerprint density at radius 1 is 0.500 bits per heavy atom. The summed E-state index contributed by atoms with van der Waals surface area (Å²) in [4.78, 5) is 99.0. The zero-order valence-electron chi connectivity index (χ0n) is 33.8. The fraction of sp³-hybridized carbons (Fsp3) is 0.463. The Morgan fingerprint density at radius 2 is 0.933 bits per heavy atom. The summed E-state index contributed by atoms with van der Waals surface area (Å²) in [5, 5.41) is 0. The van der Waals surface area contributed by atoms with Gasteiger partial charge >= 0.3 is 41.8 Å². The standard InChI is InChI=1S/C41H46O19/c1-21(42)50-19-32-34(52-23(3)44)36(53-24(4)45)39(56-27(7)48)41(59-32)60-35-33(20-51-22(2)43)58-40(38(55-26(6)47)37(35)54-25(5)46)57-30-16-13-28(14-17-30)15-18-31(49)29-11-9-8-10-12-29/h8-18,32-41H,19-20H2,1-7H3/b18-15+/t32-,33+,34-,35+,36+,37-,38+,39+,40+,41-/m1/s1. The molecule has 2 aromatic rings. The van der Waals surface area contributed by atoms with Gasteiger partial charge in [0.05, 0.1) is 0 Å². The van der Waals surface area contributed by atoms with E-state index in [1.165, 1.54) is 18.2 Å². The van der Waals surface area contributed by atoms with E-state index in [2.05, 4.69) is 0 Å². The fourth-order valence-corrected chi connectivity index (χ4v) is 6.23. The van der Waals surface area contributed by atoms with Gasteiger partial charge in [0, 0.05) is 54.0 Å². The number of hydrogen-bond donors (Lipinski definition) is 0. The van der Waals surface area contributed by atoms with Crippen molar-refractivity contribution in [3.05, 3.63) is 71.8 Å². The van der Waals surface area contributed by atoms with Crippen LogP contribution in [0.1, 0.15) is 64.4 Å². The lowest BCUT2D eigenvalue weighted by Crippen LogP contribution is -2.67. The highest BCUT2D eigenvalue weighted by atomic mass is 16.8. The van der Waals surface area contributed by atoms with Crippen molar-refractivity contribution >= 4 is 53.6 Å². The normalized spacial score (nSPS) is 26.1. The molecule has 324 valence electrons. The Kier molecular flexibility index (Phi) is 16.8. The van der Waals surface area contributed by atoms with Crippen molar-refractivity contribution in [1.82, 2.24) is 0 Å². The van der Waals surface area contributed by atoms with Crippen LogP contribution in [0.5, 0.6) is 5.75 Å². The van der Waals surface area contributed by atoms with Crippen LogP contribution in [0.25, 0.3) is 6.08 Å². The molecule has 0 bridgehead atoms. The Labute approximate surface area is 344 Å². The molecule has 0 spiro atoms. The van der Waals surface area contributed by atoms with E-state index in [1.54, 1.807) is 48.5 Å². The van der Waals surface area contributed by atoms with Gasteiger partial charge in [-0.3, -0.25) is 38.4 Å². The summed E-state index contributed by atoms with van der Waals surface area (Å²) in [7, 11) is 0. The maximum atomic E-state index is 12.7. The van der Waals surface area contributed by atoms with Gasteiger partial charge in [-0.05, 0) is 23.8 Å². The molecule has 2 aliphatic heterocycles. The number of rotatable bonds is 16. The Bertz CT molecular complexity index is 1890. The van der Waals surface area contributed by atoms with Crippen LogP contribution in [0.3, 0.4) is 0 Å². The summed E-state index contributed by atoms with van der Waals surface area (Å²) in [6.07, 6.45) is -13.1. The number of carbonyl (C=O) groups is 8. The van der Waals surface area contributed by atoms with Gasteiger partial charge in [-0.25, -0.2) is 0 Å². The van der Waals surface area contributed by atoms with Crippen molar-refractivity contribution < 1.29 is 90.5 Å². The van der Waals surface area contributed by atoms with Gasteiger partial charge in [0.25, 0.3) is 0 Å². The SMILES string of the molecule is CC(=O)OC[C@@H]1O[C@H](Oc2ccc(/C=C/C(=O)c3ccccc3)cc2)[C@@H](OC(C)=O)[C@H](OC(C)=O)[C@H]1O[C@H]1O[C@H](COC(C)=O)[C@@H](OC(C)=O)[C@H](OC(C)=O)[C@@H]1OC(C)=O. The van der Waals surface area contributed by atoms with Crippen LogP contribution in [-0.4, -0.2) is 122 Å². The lowest BCUT2D eigenvalue weighted by molar-refractivity contribution is -0.354. The van der Waals surface area contributed by atoms with Gasteiger partial charge in [0.2, 0.25) is 12.4 Å². The van der Waals surface area contributed by atoms with E-state index in [1.807, 2.05) is 0 Å². The van der Waals surface area contributed by atoms with Crippen molar-refractivity contribution in [1.29, 1.82) is 0 Å². The third kappa shape index (κ3) is 13.7. The van der Waals surface area contributed by atoms with Crippen LogP contribution in [-0.2, 0) is 80.9 Å².